The maximum absolute atomic E-state index is 5.95. The predicted molar refractivity (Wildman–Crippen MR) is 89.5 cm³/mol. The molecule has 1 unspecified atom stereocenters. The van der Waals surface area contributed by atoms with Crippen LogP contribution in [0.25, 0.3) is 11.0 Å². The molecule has 0 saturated heterocycles. The summed E-state index contributed by atoms with van der Waals surface area (Å²) in [7, 11) is 0. The van der Waals surface area contributed by atoms with Crippen molar-refractivity contribution in [1.29, 1.82) is 0 Å². The van der Waals surface area contributed by atoms with Gasteiger partial charge in [-0.05, 0) is 36.5 Å². The minimum atomic E-state index is 0.0342. The van der Waals surface area contributed by atoms with E-state index in [1.807, 2.05) is 12.1 Å². The van der Waals surface area contributed by atoms with E-state index in [-0.39, 0.29) is 5.41 Å². The molecule has 21 heavy (non-hydrogen) atoms. The highest BCUT2D eigenvalue weighted by Gasteiger charge is 2.39. The Kier molecular flexibility index (Phi) is 3.09. The van der Waals surface area contributed by atoms with Crippen LogP contribution in [0.15, 0.2) is 18.2 Å². The number of benzene rings is 1. The number of hydrogen-bond donors (Lipinski definition) is 1. The summed E-state index contributed by atoms with van der Waals surface area (Å²) in [6.45, 7) is 11.5. The summed E-state index contributed by atoms with van der Waals surface area (Å²) in [5.74, 6) is 1.18. The highest BCUT2D eigenvalue weighted by molar-refractivity contribution is 5.80. The van der Waals surface area contributed by atoms with Gasteiger partial charge in [-0.3, -0.25) is 0 Å². The Balaban J connectivity index is 2.28. The third kappa shape index (κ3) is 2.33. The van der Waals surface area contributed by atoms with Crippen molar-refractivity contribution >= 4 is 16.7 Å². The number of anilines is 1. The van der Waals surface area contributed by atoms with E-state index >= 15 is 0 Å². The van der Waals surface area contributed by atoms with Crippen molar-refractivity contribution in [2.75, 3.05) is 5.73 Å². The summed E-state index contributed by atoms with van der Waals surface area (Å²) in [6.07, 6.45) is 3.83. The number of aromatic nitrogens is 2. The minimum Gasteiger partial charge on any atom is -0.399 e. The second kappa shape index (κ2) is 4.49. The molecular weight excluding hydrogens is 258 g/mol. The number of imidazole rings is 1. The van der Waals surface area contributed by atoms with Crippen molar-refractivity contribution in [3.05, 3.63) is 24.0 Å². The summed E-state index contributed by atoms with van der Waals surface area (Å²) in [5.41, 5.74) is 9.36. The molecule has 1 fully saturated rings. The van der Waals surface area contributed by atoms with Crippen molar-refractivity contribution in [1.82, 2.24) is 9.55 Å². The van der Waals surface area contributed by atoms with Crippen LogP contribution in [0.4, 0.5) is 5.69 Å². The first-order valence-corrected chi connectivity index (χ1v) is 7.98. The number of nitrogens with two attached hydrogens (primary N) is 1. The lowest BCUT2D eigenvalue weighted by Gasteiger charge is -2.32. The zero-order chi connectivity index (χ0) is 15.4. The van der Waals surface area contributed by atoms with Crippen molar-refractivity contribution < 1.29 is 0 Å². The lowest BCUT2D eigenvalue weighted by Crippen LogP contribution is -2.27. The lowest BCUT2D eigenvalue weighted by molar-refractivity contribution is 0.254. The van der Waals surface area contributed by atoms with Gasteiger partial charge in [-0.25, -0.2) is 4.98 Å². The van der Waals surface area contributed by atoms with Gasteiger partial charge in [0.05, 0.1) is 11.0 Å². The monoisotopic (exact) mass is 285 g/mol. The molecule has 0 radical (unpaired) electrons. The van der Waals surface area contributed by atoms with Crippen LogP contribution in [-0.2, 0) is 5.41 Å². The molecule has 1 aromatic heterocycles. The highest BCUT2D eigenvalue weighted by Crippen LogP contribution is 2.48. The maximum atomic E-state index is 5.95. The van der Waals surface area contributed by atoms with Gasteiger partial charge in [-0.2, -0.15) is 0 Å². The normalized spacial score (nSPS) is 22.0. The topological polar surface area (TPSA) is 43.8 Å². The Morgan fingerprint density at radius 1 is 1.29 bits per heavy atom. The number of nitrogen functional groups attached to an aromatic ring is 1. The summed E-state index contributed by atoms with van der Waals surface area (Å²) >= 11 is 0. The van der Waals surface area contributed by atoms with E-state index in [2.05, 4.69) is 45.3 Å². The van der Waals surface area contributed by atoms with E-state index in [0.29, 0.717) is 11.5 Å². The summed E-state index contributed by atoms with van der Waals surface area (Å²) in [4.78, 5) is 4.94. The van der Waals surface area contributed by atoms with Crippen molar-refractivity contribution in [2.24, 2.45) is 5.41 Å². The van der Waals surface area contributed by atoms with Crippen LogP contribution in [0.5, 0.6) is 0 Å². The minimum absolute atomic E-state index is 0.0342. The number of nitrogens with zero attached hydrogens (tertiary/aromatic N) is 2. The van der Waals surface area contributed by atoms with Crippen LogP contribution in [0.2, 0.25) is 0 Å². The molecule has 1 heterocycles. The van der Waals surface area contributed by atoms with Crippen LogP contribution in [-0.4, -0.2) is 9.55 Å². The highest BCUT2D eigenvalue weighted by atomic mass is 15.1. The summed E-state index contributed by atoms with van der Waals surface area (Å²) in [6, 6.07) is 6.67. The smallest absolute Gasteiger partial charge is 0.115 e. The second-order valence-corrected chi connectivity index (χ2v) is 8.20. The standard InChI is InChI=1S/C18H27N3/c1-17(2,3)16-20-13-11-12(19)8-9-14(13)21(16)15-7-6-10-18(15,4)5/h8-9,11,15H,6-7,10,19H2,1-5H3. The zero-order valence-corrected chi connectivity index (χ0v) is 13.9. The molecule has 114 valence electrons. The van der Waals surface area contributed by atoms with E-state index in [1.165, 1.54) is 30.6 Å². The molecule has 1 atom stereocenters. The fourth-order valence-corrected chi connectivity index (χ4v) is 3.75. The first-order chi connectivity index (χ1) is 9.70. The Labute approximate surface area is 127 Å². The Morgan fingerprint density at radius 2 is 2.00 bits per heavy atom. The third-order valence-corrected chi connectivity index (χ3v) is 4.90. The molecule has 2 N–H and O–H groups in total. The molecule has 1 aliphatic carbocycles. The Morgan fingerprint density at radius 3 is 2.57 bits per heavy atom. The summed E-state index contributed by atoms with van der Waals surface area (Å²) in [5, 5.41) is 0. The molecular formula is C18H27N3. The number of fused-ring (bicyclic) bond motifs is 1. The van der Waals surface area contributed by atoms with Gasteiger partial charge in [-0.1, -0.05) is 41.0 Å². The fraction of sp³-hybridized carbons (Fsp3) is 0.611. The van der Waals surface area contributed by atoms with Gasteiger partial charge < -0.3 is 10.3 Å². The van der Waals surface area contributed by atoms with Gasteiger partial charge in [-0.15, -0.1) is 0 Å². The molecule has 3 rings (SSSR count). The molecule has 0 aliphatic heterocycles. The third-order valence-electron chi connectivity index (χ3n) is 4.90. The molecule has 0 spiro atoms. The molecule has 0 bridgehead atoms. The van der Waals surface area contributed by atoms with E-state index < -0.39 is 0 Å². The van der Waals surface area contributed by atoms with Crippen molar-refractivity contribution in [3.63, 3.8) is 0 Å². The second-order valence-electron chi connectivity index (χ2n) is 8.20. The van der Waals surface area contributed by atoms with E-state index in [0.717, 1.165) is 11.2 Å². The van der Waals surface area contributed by atoms with E-state index in [1.54, 1.807) is 0 Å². The van der Waals surface area contributed by atoms with Crippen molar-refractivity contribution in [3.8, 4) is 0 Å². The largest absolute Gasteiger partial charge is 0.399 e. The van der Waals surface area contributed by atoms with Crippen LogP contribution in [0.3, 0.4) is 0 Å². The van der Waals surface area contributed by atoms with Gasteiger partial charge >= 0.3 is 0 Å². The van der Waals surface area contributed by atoms with Crippen molar-refractivity contribution in [2.45, 2.75) is 65.3 Å². The number of hydrogen-bond acceptors (Lipinski definition) is 2. The van der Waals surface area contributed by atoms with E-state index in [4.69, 9.17) is 10.7 Å². The van der Waals surface area contributed by atoms with Gasteiger partial charge in [0, 0.05) is 17.1 Å². The molecule has 1 aliphatic rings. The van der Waals surface area contributed by atoms with E-state index in [9.17, 15) is 0 Å². The first-order valence-electron chi connectivity index (χ1n) is 7.98. The zero-order valence-electron chi connectivity index (χ0n) is 13.9. The van der Waals surface area contributed by atoms with Gasteiger partial charge in [0.2, 0.25) is 0 Å². The average Bonchev–Trinajstić information content (AvgIpc) is 2.87. The SMILES string of the molecule is CC(C)(C)c1nc2cc(N)ccc2n1C1CCCC1(C)C. The molecule has 1 aromatic carbocycles. The average molecular weight is 285 g/mol. The van der Waals surface area contributed by atoms with Gasteiger partial charge in [0.1, 0.15) is 5.82 Å². The molecule has 2 aromatic rings. The van der Waals surface area contributed by atoms with Gasteiger partial charge in [0.25, 0.3) is 0 Å². The predicted octanol–water partition coefficient (Wildman–Crippen LogP) is 4.67. The van der Waals surface area contributed by atoms with Crippen LogP contribution in [0.1, 0.15) is 65.7 Å². The Bertz CT molecular complexity index is 674. The fourth-order valence-electron chi connectivity index (χ4n) is 3.75. The Hall–Kier alpha value is -1.51. The first kappa shape index (κ1) is 14.4. The molecule has 3 heteroatoms. The van der Waals surface area contributed by atoms with Crippen LogP contribution in [0, 0.1) is 5.41 Å². The van der Waals surface area contributed by atoms with Crippen LogP contribution < -0.4 is 5.73 Å². The molecule has 3 nitrogen and oxygen atoms in total. The van der Waals surface area contributed by atoms with Gasteiger partial charge in [0.15, 0.2) is 0 Å². The quantitative estimate of drug-likeness (QED) is 0.774. The molecule has 0 amide bonds. The van der Waals surface area contributed by atoms with Crippen LogP contribution >= 0.6 is 0 Å². The number of rotatable bonds is 1. The molecule has 1 saturated carbocycles. The lowest BCUT2D eigenvalue weighted by atomic mass is 9.86. The maximum Gasteiger partial charge on any atom is 0.115 e. The summed E-state index contributed by atoms with van der Waals surface area (Å²) < 4.78 is 2.50.